The van der Waals surface area contributed by atoms with Crippen LogP contribution in [0.25, 0.3) is 5.69 Å². The standard InChI is InChI=1S/C14H14N4/c1-17-6-5-12-9-16-18(14(12)10-17)13-4-2-3-11(7-13)8-15/h2-4,7,9H,5-6,10H2,1H3. The normalized spacial score (nSPS) is 15.1. The second-order valence-corrected chi connectivity index (χ2v) is 4.68. The summed E-state index contributed by atoms with van der Waals surface area (Å²) in [4.78, 5) is 2.29. The van der Waals surface area contributed by atoms with Gasteiger partial charge in [0.2, 0.25) is 0 Å². The van der Waals surface area contributed by atoms with Gasteiger partial charge in [0.15, 0.2) is 0 Å². The number of benzene rings is 1. The molecule has 2 heterocycles. The highest BCUT2D eigenvalue weighted by Gasteiger charge is 2.18. The van der Waals surface area contributed by atoms with E-state index in [0.717, 1.165) is 25.2 Å². The Morgan fingerprint density at radius 2 is 2.28 bits per heavy atom. The Morgan fingerprint density at radius 3 is 3.11 bits per heavy atom. The molecule has 1 aromatic carbocycles. The highest BCUT2D eigenvalue weighted by Crippen LogP contribution is 2.21. The third kappa shape index (κ3) is 1.79. The Labute approximate surface area is 106 Å². The van der Waals surface area contributed by atoms with Gasteiger partial charge in [-0.25, -0.2) is 4.68 Å². The topological polar surface area (TPSA) is 44.9 Å². The summed E-state index contributed by atoms with van der Waals surface area (Å²) >= 11 is 0. The monoisotopic (exact) mass is 238 g/mol. The quantitative estimate of drug-likeness (QED) is 0.760. The van der Waals surface area contributed by atoms with Crippen LogP contribution in [0, 0.1) is 11.3 Å². The van der Waals surface area contributed by atoms with Crippen molar-refractivity contribution >= 4 is 0 Å². The van der Waals surface area contributed by atoms with E-state index in [0.29, 0.717) is 5.56 Å². The molecule has 0 N–H and O–H groups in total. The van der Waals surface area contributed by atoms with Crippen LogP contribution in [-0.2, 0) is 13.0 Å². The Hall–Kier alpha value is -2.12. The van der Waals surface area contributed by atoms with Gasteiger partial charge in [-0.15, -0.1) is 0 Å². The van der Waals surface area contributed by atoms with E-state index >= 15 is 0 Å². The largest absolute Gasteiger partial charge is 0.300 e. The zero-order valence-corrected chi connectivity index (χ0v) is 10.3. The van der Waals surface area contributed by atoms with Gasteiger partial charge in [-0.3, -0.25) is 0 Å². The molecule has 0 radical (unpaired) electrons. The van der Waals surface area contributed by atoms with Crippen LogP contribution in [0.2, 0.25) is 0 Å². The molecule has 0 fully saturated rings. The molecule has 0 atom stereocenters. The second kappa shape index (κ2) is 4.28. The highest BCUT2D eigenvalue weighted by molar-refractivity contribution is 5.42. The summed E-state index contributed by atoms with van der Waals surface area (Å²) in [6.07, 6.45) is 2.99. The molecule has 4 heteroatoms. The van der Waals surface area contributed by atoms with Crippen molar-refractivity contribution in [3.63, 3.8) is 0 Å². The number of nitriles is 1. The molecule has 1 aliphatic rings. The van der Waals surface area contributed by atoms with Crippen LogP contribution in [0.3, 0.4) is 0 Å². The fourth-order valence-electron chi connectivity index (χ4n) is 2.36. The Bertz CT molecular complexity index is 621. The van der Waals surface area contributed by atoms with Crippen molar-refractivity contribution < 1.29 is 0 Å². The van der Waals surface area contributed by atoms with E-state index in [4.69, 9.17) is 5.26 Å². The van der Waals surface area contributed by atoms with Crippen LogP contribution in [0.15, 0.2) is 30.5 Å². The summed E-state index contributed by atoms with van der Waals surface area (Å²) in [7, 11) is 2.12. The van der Waals surface area contributed by atoms with Crippen LogP contribution in [0.4, 0.5) is 0 Å². The summed E-state index contributed by atoms with van der Waals surface area (Å²) in [5.74, 6) is 0. The second-order valence-electron chi connectivity index (χ2n) is 4.68. The molecular formula is C14H14N4. The summed E-state index contributed by atoms with van der Waals surface area (Å²) in [6, 6.07) is 9.74. The molecule has 3 rings (SSSR count). The lowest BCUT2D eigenvalue weighted by Gasteiger charge is -2.23. The fourth-order valence-corrected chi connectivity index (χ4v) is 2.36. The van der Waals surface area contributed by atoms with Crippen molar-refractivity contribution in [1.82, 2.24) is 14.7 Å². The van der Waals surface area contributed by atoms with Crippen LogP contribution >= 0.6 is 0 Å². The predicted molar refractivity (Wildman–Crippen MR) is 68.3 cm³/mol. The van der Waals surface area contributed by atoms with Gasteiger partial charge >= 0.3 is 0 Å². The summed E-state index contributed by atoms with van der Waals surface area (Å²) < 4.78 is 1.95. The number of nitrogens with zero attached hydrogens (tertiary/aromatic N) is 4. The molecule has 0 aliphatic carbocycles. The first kappa shape index (κ1) is 11.0. The van der Waals surface area contributed by atoms with Gasteiger partial charge < -0.3 is 4.90 Å². The van der Waals surface area contributed by atoms with Crippen molar-refractivity contribution in [2.75, 3.05) is 13.6 Å². The van der Waals surface area contributed by atoms with Crippen molar-refractivity contribution in [3.05, 3.63) is 47.3 Å². The maximum Gasteiger partial charge on any atom is 0.0992 e. The van der Waals surface area contributed by atoms with E-state index in [-0.39, 0.29) is 0 Å². The number of hydrogen-bond donors (Lipinski definition) is 0. The van der Waals surface area contributed by atoms with Gasteiger partial charge in [-0.1, -0.05) is 6.07 Å². The molecule has 90 valence electrons. The van der Waals surface area contributed by atoms with E-state index in [2.05, 4.69) is 23.1 Å². The zero-order chi connectivity index (χ0) is 12.5. The highest BCUT2D eigenvalue weighted by atomic mass is 15.3. The summed E-state index contributed by atoms with van der Waals surface area (Å²) in [6.45, 7) is 1.99. The number of likely N-dealkylation sites (N-methyl/N-ethyl adjacent to an activating group) is 1. The SMILES string of the molecule is CN1CCc2cnn(-c3cccc(C#N)c3)c2C1. The van der Waals surface area contributed by atoms with E-state index in [1.165, 1.54) is 11.3 Å². The Morgan fingerprint density at radius 1 is 1.39 bits per heavy atom. The van der Waals surface area contributed by atoms with Crippen LogP contribution in [0.5, 0.6) is 0 Å². The minimum atomic E-state index is 0.668. The smallest absolute Gasteiger partial charge is 0.0992 e. The van der Waals surface area contributed by atoms with Crippen LogP contribution in [-0.4, -0.2) is 28.3 Å². The molecule has 1 aromatic heterocycles. The van der Waals surface area contributed by atoms with Gasteiger partial charge in [0.1, 0.15) is 0 Å². The van der Waals surface area contributed by atoms with Crippen LogP contribution in [0.1, 0.15) is 16.8 Å². The molecule has 4 nitrogen and oxygen atoms in total. The number of hydrogen-bond acceptors (Lipinski definition) is 3. The lowest BCUT2D eigenvalue weighted by molar-refractivity contribution is 0.305. The molecule has 0 spiro atoms. The Balaban J connectivity index is 2.07. The average molecular weight is 238 g/mol. The van der Waals surface area contributed by atoms with Crippen molar-refractivity contribution in [3.8, 4) is 11.8 Å². The third-order valence-electron chi connectivity index (χ3n) is 3.36. The molecule has 1 aliphatic heterocycles. The summed E-state index contributed by atoms with van der Waals surface area (Å²) in [5.41, 5.74) is 4.18. The average Bonchev–Trinajstić information content (AvgIpc) is 2.81. The van der Waals surface area contributed by atoms with Gasteiger partial charge in [0.05, 0.1) is 29.2 Å². The van der Waals surface area contributed by atoms with Crippen molar-refractivity contribution in [2.45, 2.75) is 13.0 Å². The predicted octanol–water partition coefficient (Wildman–Crippen LogP) is 1.73. The maximum atomic E-state index is 8.95. The Kier molecular flexibility index (Phi) is 2.62. The molecule has 2 aromatic rings. The number of aromatic nitrogens is 2. The molecule has 0 bridgehead atoms. The van der Waals surface area contributed by atoms with Crippen LogP contribution < -0.4 is 0 Å². The molecule has 0 unspecified atom stereocenters. The minimum absolute atomic E-state index is 0.668. The van der Waals surface area contributed by atoms with Gasteiger partial charge in [0.25, 0.3) is 0 Å². The molecule has 0 amide bonds. The summed E-state index contributed by atoms with van der Waals surface area (Å²) in [5, 5.41) is 13.4. The lowest BCUT2D eigenvalue weighted by Crippen LogP contribution is -2.27. The van der Waals surface area contributed by atoms with E-state index in [1.807, 2.05) is 35.1 Å². The first-order valence-corrected chi connectivity index (χ1v) is 6.03. The first-order chi connectivity index (χ1) is 8.78. The molecule has 18 heavy (non-hydrogen) atoms. The maximum absolute atomic E-state index is 8.95. The van der Waals surface area contributed by atoms with Gasteiger partial charge in [0, 0.05) is 13.1 Å². The van der Waals surface area contributed by atoms with E-state index in [9.17, 15) is 0 Å². The third-order valence-corrected chi connectivity index (χ3v) is 3.36. The minimum Gasteiger partial charge on any atom is -0.300 e. The number of rotatable bonds is 1. The zero-order valence-electron chi connectivity index (χ0n) is 10.3. The van der Waals surface area contributed by atoms with Gasteiger partial charge in [-0.2, -0.15) is 10.4 Å². The first-order valence-electron chi connectivity index (χ1n) is 6.03. The molecule has 0 saturated carbocycles. The van der Waals surface area contributed by atoms with Gasteiger partial charge in [-0.05, 0) is 37.2 Å². The van der Waals surface area contributed by atoms with Crippen molar-refractivity contribution in [2.24, 2.45) is 0 Å². The number of fused-ring (bicyclic) bond motifs is 1. The van der Waals surface area contributed by atoms with E-state index < -0.39 is 0 Å². The lowest BCUT2D eigenvalue weighted by atomic mass is 10.1. The molecular weight excluding hydrogens is 224 g/mol. The van der Waals surface area contributed by atoms with Crippen molar-refractivity contribution in [1.29, 1.82) is 5.26 Å². The van der Waals surface area contributed by atoms with E-state index in [1.54, 1.807) is 0 Å². The fraction of sp³-hybridized carbons (Fsp3) is 0.286. The molecule has 0 saturated heterocycles.